The number of hydrogen-bond acceptors (Lipinski definition) is 5. The van der Waals surface area contributed by atoms with Crippen LogP contribution in [0, 0.1) is 6.92 Å². The van der Waals surface area contributed by atoms with Gasteiger partial charge in [0, 0.05) is 5.69 Å². The predicted octanol–water partition coefficient (Wildman–Crippen LogP) is 4.03. The molecule has 28 heavy (non-hydrogen) atoms. The molecule has 0 spiro atoms. The van der Waals surface area contributed by atoms with Crippen molar-refractivity contribution >= 4 is 22.4 Å². The van der Waals surface area contributed by atoms with Crippen LogP contribution in [0.15, 0.2) is 47.9 Å². The van der Waals surface area contributed by atoms with Gasteiger partial charge in [0.2, 0.25) is 0 Å². The standard InChI is InChI=1S/C19H19F3N4O2/c1-12-6-18-17(8-16(12)23)24-11-26(18)9-14(25-27-2)10-28-15-5-3-4-13(7-15)19(20,21)22/h3-8,11H,9-10,23H2,1-2H3. The smallest absolute Gasteiger partial charge is 0.416 e. The van der Waals surface area contributed by atoms with Crippen LogP contribution in [0.1, 0.15) is 11.1 Å². The molecule has 9 heteroatoms. The monoisotopic (exact) mass is 392 g/mol. The highest BCUT2D eigenvalue weighted by Crippen LogP contribution is 2.31. The Balaban J connectivity index is 1.77. The second-order valence-electron chi connectivity index (χ2n) is 6.22. The van der Waals surface area contributed by atoms with Crippen molar-refractivity contribution < 1.29 is 22.7 Å². The topological polar surface area (TPSA) is 74.7 Å². The summed E-state index contributed by atoms with van der Waals surface area (Å²) in [5.41, 5.74) is 8.77. The molecule has 6 nitrogen and oxygen atoms in total. The number of aromatic nitrogens is 2. The van der Waals surface area contributed by atoms with Crippen LogP contribution in [0.2, 0.25) is 0 Å². The molecule has 0 saturated heterocycles. The Bertz CT molecular complexity index is 1010. The molecule has 2 N–H and O–H groups in total. The number of hydrogen-bond donors (Lipinski definition) is 1. The number of benzene rings is 2. The van der Waals surface area contributed by atoms with Gasteiger partial charge in [-0.25, -0.2) is 4.98 Å². The molecule has 0 radical (unpaired) electrons. The molecular formula is C19H19F3N4O2. The third kappa shape index (κ3) is 4.36. The number of alkyl halides is 3. The first-order chi connectivity index (χ1) is 13.3. The molecule has 0 amide bonds. The van der Waals surface area contributed by atoms with Crippen LogP contribution in [-0.4, -0.2) is 29.0 Å². The minimum Gasteiger partial charge on any atom is -0.487 e. The van der Waals surface area contributed by atoms with Crippen LogP contribution in [0.4, 0.5) is 18.9 Å². The largest absolute Gasteiger partial charge is 0.487 e. The summed E-state index contributed by atoms with van der Waals surface area (Å²) in [4.78, 5) is 9.16. The molecule has 0 bridgehead atoms. The fraction of sp³-hybridized carbons (Fsp3) is 0.263. The number of fused-ring (bicyclic) bond motifs is 1. The minimum atomic E-state index is -4.43. The fourth-order valence-electron chi connectivity index (χ4n) is 2.71. The van der Waals surface area contributed by atoms with Gasteiger partial charge in [-0.1, -0.05) is 11.2 Å². The Morgan fingerprint density at radius 3 is 2.75 bits per heavy atom. The van der Waals surface area contributed by atoms with Crippen molar-refractivity contribution in [2.24, 2.45) is 5.16 Å². The van der Waals surface area contributed by atoms with Crippen molar-refractivity contribution in [2.75, 3.05) is 19.5 Å². The number of rotatable bonds is 6. The highest BCUT2D eigenvalue weighted by molar-refractivity contribution is 5.88. The zero-order valence-corrected chi connectivity index (χ0v) is 15.3. The lowest BCUT2D eigenvalue weighted by Crippen LogP contribution is -2.18. The number of halogens is 3. The molecule has 0 aliphatic carbocycles. The molecule has 1 aromatic heterocycles. The van der Waals surface area contributed by atoms with Crippen molar-refractivity contribution in [3.05, 3.63) is 53.9 Å². The van der Waals surface area contributed by atoms with Crippen molar-refractivity contribution in [1.82, 2.24) is 9.55 Å². The number of imidazole rings is 1. The van der Waals surface area contributed by atoms with E-state index in [9.17, 15) is 13.2 Å². The lowest BCUT2D eigenvalue weighted by Gasteiger charge is -2.12. The van der Waals surface area contributed by atoms with Crippen molar-refractivity contribution in [1.29, 1.82) is 0 Å². The quantitative estimate of drug-likeness (QED) is 0.391. The van der Waals surface area contributed by atoms with Gasteiger partial charge in [0.25, 0.3) is 0 Å². The summed E-state index contributed by atoms with van der Waals surface area (Å²) >= 11 is 0. The van der Waals surface area contributed by atoms with Gasteiger partial charge < -0.3 is 19.9 Å². The third-order valence-electron chi connectivity index (χ3n) is 4.15. The fourth-order valence-corrected chi connectivity index (χ4v) is 2.71. The maximum absolute atomic E-state index is 12.8. The molecule has 2 aromatic carbocycles. The summed E-state index contributed by atoms with van der Waals surface area (Å²) in [6.45, 7) is 2.16. The maximum atomic E-state index is 12.8. The lowest BCUT2D eigenvalue weighted by molar-refractivity contribution is -0.137. The molecule has 0 fully saturated rings. The molecule has 0 atom stereocenters. The Labute approximate surface area is 159 Å². The van der Waals surface area contributed by atoms with Gasteiger partial charge in [-0.3, -0.25) is 0 Å². The average molecular weight is 392 g/mol. The summed E-state index contributed by atoms with van der Waals surface area (Å²) in [5.74, 6) is 0.0951. The van der Waals surface area contributed by atoms with Gasteiger partial charge in [0.1, 0.15) is 25.2 Å². The SMILES string of the molecule is CON=C(COc1cccc(C(F)(F)F)c1)Cn1cnc2cc(N)c(C)cc21. The molecule has 0 aliphatic heterocycles. The van der Waals surface area contributed by atoms with E-state index in [-0.39, 0.29) is 12.4 Å². The summed E-state index contributed by atoms with van der Waals surface area (Å²) in [6.07, 6.45) is -2.79. The van der Waals surface area contributed by atoms with Gasteiger partial charge in [0.05, 0.1) is 29.5 Å². The minimum absolute atomic E-state index is 0.0389. The van der Waals surface area contributed by atoms with Crippen LogP contribution >= 0.6 is 0 Å². The zero-order valence-electron chi connectivity index (χ0n) is 15.3. The maximum Gasteiger partial charge on any atom is 0.416 e. The van der Waals surface area contributed by atoms with E-state index in [0.29, 0.717) is 17.9 Å². The van der Waals surface area contributed by atoms with Gasteiger partial charge in [-0.05, 0) is 42.8 Å². The normalized spacial score (nSPS) is 12.4. The Hall–Kier alpha value is -3.23. The molecule has 148 valence electrons. The Kier molecular flexibility index (Phi) is 5.43. The predicted molar refractivity (Wildman–Crippen MR) is 100 cm³/mol. The van der Waals surface area contributed by atoms with Crippen molar-refractivity contribution in [3.8, 4) is 5.75 Å². The average Bonchev–Trinajstić information content (AvgIpc) is 3.01. The van der Waals surface area contributed by atoms with E-state index in [0.717, 1.165) is 28.7 Å². The number of nitrogens with zero attached hydrogens (tertiary/aromatic N) is 3. The first-order valence-corrected chi connectivity index (χ1v) is 8.38. The number of aryl methyl sites for hydroxylation is 1. The van der Waals surface area contributed by atoms with E-state index < -0.39 is 11.7 Å². The van der Waals surface area contributed by atoms with E-state index in [1.54, 1.807) is 12.4 Å². The van der Waals surface area contributed by atoms with Crippen molar-refractivity contribution in [2.45, 2.75) is 19.6 Å². The van der Waals surface area contributed by atoms with E-state index in [1.807, 2.05) is 17.6 Å². The van der Waals surface area contributed by atoms with Gasteiger partial charge >= 0.3 is 6.18 Å². The number of oxime groups is 1. The third-order valence-corrected chi connectivity index (χ3v) is 4.15. The molecule has 0 aliphatic rings. The summed E-state index contributed by atoms with van der Waals surface area (Å²) < 4.78 is 45.8. The summed E-state index contributed by atoms with van der Waals surface area (Å²) in [6, 6.07) is 8.38. The van der Waals surface area contributed by atoms with Crippen molar-refractivity contribution in [3.63, 3.8) is 0 Å². The van der Waals surface area contributed by atoms with Crippen LogP contribution < -0.4 is 10.5 Å². The van der Waals surface area contributed by atoms with Gasteiger partial charge in [-0.15, -0.1) is 0 Å². The Morgan fingerprint density at radius 1 is 1.25 bits per heavy atom. The van der Waals surface area contributed by atoms with E-state index in [4.69, 9.17) is 15.3 Å². The van der Waals surface area contributed by atoms with E-state index in [1.165, 1.54) is 19.2 Å². The second kappa shape index (κ2) is 7.79. The van der Waals surface area contributed by atoms with E-state index in [2.05, 4.69) is 10.1 Å². The van der Waals surface area contributed by atoms with Crippen LogP contribution in [0.25, 0.3) is 11.0 Å². The highest BCUT2D eigenvalue weighted by Gasteiger charge is 2.30. The number of ether oxygens (including phenoxy) is 1. The van der Waals surface area contributed by atoms with E-state index >= 15 is 0 Å². The van der Waals surface area contributed by atoms with Crippen LogP contribution in [0.3, 0.4) is 0 Å². The molecular weight excluding hydrogens is 373 g/mol. The Morgan fingerprint density at radius 2 is 2.04 bits per heavy atom. The molecule has 0 saturated carbocycles. The summed E-state index contributed by atoms with van der Waals surface area (Å²) in [5, 5.41) is 3.93. The van der Waals surface area contributed by atoms with Gasteiger partial charge in [0.15, 0.2) is 0 Å². The lowest BCUT2D eigenvalue weighted by atomic mass is 10.2. The molecule has 3 rings (SSSR count). The number of nitrogens with two attached hydrogens (primary N) is 1. The molecule has 3 aromatic rings. The second-order valence-corrected chi connectivity index (χ2v) is 6.22. The zero-order chi connectivity index (χ0) is 20.3. The highest BCUT2D eigenvalue weighted by atomic mass is 19.4. The first kappa shape index (κ1) is 19.5. The first-order valence-electron chi connectivity index (χ1n) is 8.38. The van der Waals surface area contributed by atoms with Crippen LogP contribution in [0.5, 0.6) is 5.75 Å². The van der Waals surface area contributed by atoms with Gasteiger partial charge in [-0.2, -0.15) is 13.2 Å². The van der Waals surface area contributed by atoms with Crippen LogP contribution in [-0.2, 0) is 17.6 Å². The molecule has 1 heterocycles. The summed E-state index contributed by atoms with van der Waals surface area (Å²) in [7, 11) is 1.39. The number of nitrogen functional groups attached to an aromatic ring is 1. The number of anilines is 1. The molecule has 0 unspecified atom stereocenters.